The molecule has 0 radical (unpaired) electrons. The molecule has 3 rings (SSSR count). The minimum Gasteiger partial charge on any atom is -0.329 e. The SMILES string of the molecule is Cc1ccccc1C(=O)CN1CC(=O)N2CCCC2C1=O. The number of ketones is 1. The Hall–Kier alpha value is -2.17. The molecule has 2 aliphatic heterocycles. The second-order valence-electron chi connectivity index (χ2n) is 5.68. The van der Waals surface area contributed by atoms with Crippen LogP contribution in [0.3, 0.4) is 0 Å². The predicted molar refractivity (Wildman–Crippen MR) is 76.8 cm³/mol. The Kier molecular flexibility index (Phi) is 3.49. The van der Waals surface area contributed by atoms with E-state index in [1.165, 1.54) is 4.90 Å². The molecule has 2 amide bonds. The summed E-state index contributed by atoms with van der Waals surface area (Å²) in [6.45, 7) is 2.54. The summed E-state index contributed by atoms with van der Waals surface area (Å²) < 4.78 is 0. The molecule has 2 heterocycles. The van der Waals surface area contributed by atoms with Gasteiger partial charge in [-0.05, 0) is 25.3 Å². The normalized spacial score (nSPS) is 21.7. The largest absolute Gasteiger partial charge is 0.329 e. The Balaban J connectivity index is 1.76. The number of fused-ring (bicyclic) bond motifs is 1. The van der Waals surface area contributed by atoms with E-state index in [2.05, 4.69) is 0 Å². The number of carbonyl (C=O) groups is 3. The first-order valence-electron chi connectivity index (χ1n) is 7.25. The molecule has 110 valence electrons. The van der Waals surface area contributed by atoms with E-state index in [0.29, 0.717) is 18.5 Å². The number of amides is 2. The summed E-state index contributed by atoms with van der Waals surface area (Å²) in [5.74, 6) is -0.246. The fourth-order valence-corrected chi connectivity index (χ4v) is 3.14. The summed E-state index contributed by atoms with van der Waals surface area (Å²) in [7, 11) is 0. The van der Waals surface area contributed by atoms with Gasteiger partial charge in [-0.2, -0.15) is 0 Å². The van der Waals surface area contributed by atoms with Crippen LogP contribution < -0.4 is 0 Å². The Morgan fingerprint density at radius 2 is 2.05 bits per heavy atom. The lowest BCUT2D eigenvalue weighted by Crippen LogP contribution is -2.58. The van der Waals surface area contributed by atoms with Crippen LogP contribution in [0.5, 0.6) is 0 Å². The van der Waals surface area contributed by atoms with Crippen molar-refractivity contribution < 1.29 is 14.4 Å². The highest BCUT2D eigenvalue weighted by Gasteiger charge is 2.42. The number of piperazine rings is 1. The van der Waals surface area contributed by atoms with Crippen LogP contribution in [0.15, 0.2) is 24.3 Å². The molecule has 0 N–H and O–H groups in total. The van der Waals surface area contributed by atoms with Crippen molar-refractivity contribution >= 4 is 17.6 Å². The van der Waals surface area contributed by atoms with Crippen molar-refractivity contribution in [3.05, 3.63) is 35.4 Å². The van der Waals surface area contributed by atoms with Gasteiger partial charge in [-0.25, -0.2) is 0 Å². The van der Waals surface area contributed by atoms with E-state index in [9.17, 15) is 14.4 Å². The lowest BCUT2D eigenvalue weighted by Gasteiger charge is -2.36. The van der Waals surface area contributed by atoms with E-state index in [1.54, 1.807) is 11.0 Å². The number of hydrogen-bond donors (Lipinski definition) is 0. The Bertz CT molecular complexity index is 611. The van der Waals surface area contributed by atoms with Crippen LogP contribution in [0, 0.1) is 6.92 Å². The minimum atomic E-state index is -0.351. The minimum absolute atomic E-state index is 0.0141. The van der Waals surface area contributed by atoms with E-state index in [4.69, 9.17) is 0 Å². The monoisotopic (exact) mass is 286 g/mol. The van der Waals surface area contributed by atoms with Crippen molar-refractivity contribution in [2.45, 2.75) is 25.8 Å². The standard InChI is InChI=1S/C16H18N2O3/c1-11-5-2-3-6-12(11)14(19)9-17-10-15(20)18-8-4-7-13(18)16(17)21/h2-3,5-6,13H,4,7-10H2,1H3. The first kappa shape index (κ1) is 13.8. The molecule has 0 aromatic heterocycles. The predicted octanol–water partition coefficient (Wildman–Crippen LogP) is 1.01. The van der Waals surface area contributed by atoms with Crippen molar-refractivity contribution in [3.63, 3.8) is 0 Å². The van der Waals surface area contributed by atoms with Gasteiger partial charge in [0.25, 0.3) is 0 Å². The van der Waals surface area contributed by atoms with E-state index in [0.717, 1.165) is 12.0 Å². The highest BCUT2D eigenvalue weighted by molar-refractivity contribution is 6.03. The lowest BCUT2D eigenvalue weighted by atomic mass is 10.0. The number of rotatable bonds is 3. The van der Waals surface area contributed by atoms with Crippen LogP contribution in [0.1, 0.15) is 28.8 Å². The molecular formula is C16H18N2O3. The fourth-order valence-electron chi connectivity index (χ4n) is 3.14. The Morgan fingerprint density at radius 3 is 2.81 bits per heavy atom. The first-order valence-corrected chi connectivity index (χ1v) is 7.25. The van der Waals surface area contributed by atoms with Crippen molar-refractivity contribution in [3.8, 4) is 0 Å². The summed E-state index contributed by atoms with van der Waals surface area (Å²) in [5, 5.41) is 0. The van der Waals surface area contributed by atoms with Gasteiger partial charge in [0.1, 0.15) is 12.6 Å². The molecule has 1 atom stereocenters. The molecule has 2 aliphatic rings. The van der Waals surface area contributed by atoms with E-state index >= 15 is 0 Å². The van der Waals surface area contributed by atoms with E-state index in [-0.39, 0.29) is 36.7 Å². The summed E-state index contributed by atoms with van der Waals surface area (Å²) in [6, 6.07) is 6.96. The molecular weight excluding hydrogens is 268 g/mol. The van der Waals surface area contributed by atoms with Gasteiger partial charge in [0.2, 0.25) is 11.8 Å². The molecule has 1 aromatic carbocycles. The topological polar surface area (TPSA) is 57.7 Å². The van der Waals surface area contributed by atoms with E-state index < -0.39 is 0 Å². The van der Waals surface area contributed by atoms with Crippen molar-refractivity contribution in [1.29, 1.82) is 0 Å². The third-order valence-corrected chi connectivity index (χ3v) is 4.28. The maximum Gasteiger partial charge on any atom is 0.246 e. The molecule has 5 heteroatoms. The zero-order chi connectivity index (χ0) is 15.0. The van der Waals surface area contributed by atoms with E-state index in [1.807, 2.05) is 25.1 Å². The highest BCUT2D eigenvalue weighted by atomic mass is 16.2. The van der Waals surface area contributed by atoms with Crippen LogP contribution in [0.4, 0.5) is 0 Å². The average molecular weight is 286 g/mol. The summed E-state index contributed by atoms with van der Waals surface area (Å²) in [4.78, 5) is 39.8. The molecule has 0 bridgehead atoms. The number of hydrogen-bond acceptors (Lipinski definition) is 3. The molecule has 0 aliphatic carbocycles. The fraction of sp³-hybridized carbons (Fsp3) is 0.438. The molecule has 2 fully saturated rings. The Morgan fingerprint density at radius 1 is 1.29 bits per heavy atom. The first-order chi connectivity index (χ1) is 10.1. The number of benzene rings is 1. The molecule has 5 nitrogen and oxygen atoms in total. The molecule has 1 aromatic rings. The smallest absolute Gasteiger partial charge is 0.246 e. The average Bonchev–Trinajstić information content (AvgIpc) is 2.95. The van der Waals surface area contributed by atoms with Gasteiger partial charge in [0, 0.05) is 12.1 Å². The number of Topliss-reactive ketones (excluding diaryl/α,β-unsaturated/α-hetero) is 1. The highest BCUT2D eigenvalue weighted by Crippen LogP contribution is 2.23. The molecule has 0 saturated carbocycles. The molecule has 2 saturated heterocycles. The maximum atomic E-state index is 12.4. The van der Waals surface area contributed by atoms with Gasteiger partial charge in [-0.3, -0.25) is 14.4 Å². The van der Waals surface area contributed by atoms with Crippen LogP contribution in [-0.4, -0.2) is 53.1 Å². The summed E-state index contributed by atoms with van der Waals surface area (Å²) >= 11 is 0. The second-order valence-corrected chi connectivity index (χ2v) is 5.68. The van der Waals surface area contributed by atoms with Crippen molar-refractivity contribution in [2.24, 2.45) is 0 Å². The zero-order valence-corrected chi connectivity index (χ0v) is 12.0. The number of carbonyl (C=O) groups excluding carboxylic acids is 3. The quantitative estimate of drug-likeness (QED) is 0.779. The number of aryl methyl sites for hydroxylation is 1. The zero-order valence-electron chi connectivity index (χ0n) is 12.0. The van der Waals surface area contributed by atoms with Gasteiger partial charge >= 0.3 is 0 Å². The van der Waals surface area contributed by atoms with Crippen LogP contribution in [-0.2, 0) is 9.59 Å². The second kappa shape index (κ2) is 5.31. The van der Waals surface area contributed by atoms with Gasteiger partial charge in [0.15, 0.2) is 5.78 Å². The van der Waals surface area contributed by atoms with Crippen LogP contribution in [0.25, 0.3) is 0 Å². The molecule has 1 unspecified atom stereocenters. The van der Waals surface area contributed by atoms with Gasteiger partial charge in [-0.15, -0.1) is 0 Å². The van der Waals surface area contributed by atoms with Gasteiger partial charge < -0.3 is 9.80 Å². The van der Waals surface area contributed by atoms with Crippen molar-refractivity contribution in [1.82, 2.24) is 9.80 Å². The summed E-state index contributed by atoms with van der Waals surface area (Å²) in [5.41, 5.74) is 1.51. The number of nitrogens with zero attached hydrogens (tertiary/aromatic N) is 2. The Labute approximate surface area is 123 Å². The van der Waals surface area contributed by atoms with Crippen molar-refractivity contribution in [2.75, 3.05) is 19.6 Å². The molecule has 0 spiro atoms. The third-order valence-electron chi connectivity index (χ3n) is 4.28. The van der Waals surface area contributed by atoms with Crippen LogP contribution >= 0.6 is 0 Å². The van der Waals surface area contributed by atoms with Gasteiger partial charge in [-0.1, -0.05) is 24.3 Å². The maximum absolute atomic E-state index is 12.4. The lowest BCUT2D eigenvalue weighted by molar-refractivity contribution is -0.152. The summed E-state index contributed by atoms with van der Waals surface area (Å²) in [6.07, 6.45) is 1.57. The van der Waals surface area contributed by atoms with Gasteiger partial charge in [0.05, 0.1) is 6.54 Å². The third kappa shape index (κ3) is 2.44. The van der Waals surface area contributed by atoms with Crippen LogP contribution in [0.2, 0.25) is 0 Å². The molecule has 21 heavy (non-hydrogen) atoms.